The maximum atomic E-state index is 12.9. The molecule has 0 spiro atoms. The van der Waals surface area contributed by atoms with E-state index in [9.17, 15) is 9.18 Å². The summed E-state index contributed by atoms with van der Waals surface area (Å²) in [4.78, 5) is 11.1. The van der Waals surface area contributed by atoms with Crippen LogP contribution in [0.2, 0.25) is 0 Å². The normalized spacial score (nSPS) is 14.4. The first kappa shape index (κ1) is 12.6. The molecule has 1 aromatic carbocycles. The summed E-state index contributed by atoms with van der Waals surface area (Å²) in [5.41, 5.74) is -0.693. The molecule has 0 aliphatic rings. The molecule has 1 unspecified atom stereocenters. The van der Waals surface area contributed by atoms with Crippen LogP contribution in [0.3, 0.4) is 0 Å². The quantitative estimate of drug-likeness (QED) is 0.837. The Morgan fingerprint density at radius 3 is 2.75 bits per heavy atom. The first-order valence-corrected chi connectivity index (χ1v) is 5.10. The highest BCUT2D eigenvalue weighted by atomic mass is 19.1. The first-order chi connectivity index (χ1) is 7.48. The second kappa shape index (κ2) is 5.07. The lowest BCUT2D eigenvalue weighted by Gasteiger charge is -2.24. The van der Waals surface area contributed by atoms with Crippen molar-refractivity contribution in [3.8, 4) is 0 Å². The largest absolute Gasteiger partial charge is 0.479 e. The molecule has 0 saturated carbocycles. The van der Waals surface area contributed by atoms with Crippen LogP contribution in [0.5, 0.6) is 0 Å². The van der Waals surface area contributed by atoms with E-state index in [1.807, 2.05) is 0 Å². The van der Waals surface area contributed by atoms with E-state index in [0.717, 1.165) is 0 Å². The SMILES string of the molecule is CCOC(C)(Cc1cccc(F)c1)C(=O)O. The molecular formula is C12H15FO3. The summed E-state index contributed by atoms with van der Waals surface area (Å²) in [6.45, 7) is 3.52. The highest BCUT2D eigenvalue weighted by Crippen LogP contribution is 2.18. The smallest absolute Gasteiger partial charge is 0.336 e. The molecule has 0 fully saturated rings. The van der Waals surface area contributed by atoms with Crippen LogP contribution in [0.1, 0.15) is 19.4 Å². The van der Waals surface area contributed by atoms with Crippen LogP contribution in [0.15, 0.2) is 24.3 Å². The molecule has 1 atom stereocenters. The van der Waals surface area contributed by atoms with Gasteiger partial charge < -0.3 is 9.84 Å². The average molecular weight is 226 g/mol. The van der Waals surface area contributed by atoms with Crippen molar-refractivity contribution in [2.45, 2.75) is 25.9 Å². The zero-order valence-electron chi connectivity index (χ0n) is 9.37. The minimum absolute atomic E-state index is 0.147. The number of hydrogen-bond acceptors (Lipinski definition) is 2. The van der Waals surface area contributed by atoms with Gasteiger partial charge in [-0.05, 0) is 31.5 Å². The molecule has 1 aromatic rings. The summed E-state index contributed by atoms with van der Waals surface area (Å²) >= 11 is 0. The summed E-state index contributed by atoms with van der Waals surface area (Å²) in [5.74, 6) is -1.42. The minimum atomic E-state index is -1.30. The molecule has 0 aliphatic heterocycles. The monoisotopic (exact) mass is 226 g/mol. The standard InChI is InChI=1S/C12H15FO3/c1-3-16-12(2,11(14)15)8-9-5-4-6-10(13)7-9/h4-7H,3,8H2,1-2H3,(H,14,15). The highest BCUT2D eigenvalue weighted by molar-refractivity contribution is 5.77. The molecule has 0 radical (unpaired) electrons. The third-order valence-electron chi connectivity index (χ3n) is 2.35. The van der Waals surface area contributed by atoms with Crippen LogP contribution in [0, 0.1) is 5.82 Å². The number of ether oxygens (including phenoxy) is 1. The van der Waals surface area contributed by atoms with Gasteiger partial charge in [0.05, 0.1) is 0 Å². The Morgan fingerprint density at radius 1 is 1.56 bits per heavy atom. The van der Waals surface area contributed by atoms with Gasteiger partial charge in [0.15, 0.2) is 5.60 Å². The van der Waals surface area contributed by atoms with E-state index in [4.69, 9.17) is 9.84 Å². The Morgan fingerprint density at radius 2 is 2.25 bits per heavy atom. The van der Waals surface area contributed by atoms with E-state index in [0.29, 0.717) is 12.2 Å². The fourth-order valence-electron chi connectivity index (χ4n) is 1.54. The number of carbonyl (C=O) groups is 1. The van der Waals surface area contributed by atoms with Gasteiger partial charge in [-0.3, -0.25) is 0 Å². The zero-order valence-corrected chi connectivity index (χ0v) is 9.37. The summed E-state index contributed by atoms with van der Waals surface area (Å²) < 4.78 is 18.2. The Balaban J connectivity index is 2.87. The van der Waals surface area contributed by atoms with E-state index >= 15 is 0 Å². The predicted molar refractivity (Wildman–Crippen MR) is 57.8 cm³/mol. The molecule has 3 nitrogen and oxygen atoms in total. The van der Waals surface area contributed by atoms with Crippen molar-refractivity contribution in [2.24, 2.45) is 0 Å². The van der Waals surface area contributed by atoms with Crippen molar-refractivity contribution in [1.82, 2.24) is 0 Å². The molecule has 16 heavy (non-hydrogen) atoms. The Labute approximate surface area is 93.9 Å². The van der Waals surface area contributed by atoms with E-state index in [1.165, 1.54) is 19.1 Å². The minimum Gasteiger partial charge on any atom is -0.479 e. The van der Waals surface area contributed by atoms with E-state index in [1.54, 1.807) is 19.1 Å². The van der Waals surface area contributed by atoms with Crippen LogP contribution in [-0.2, 0) is 16.0 Å². The van der Waals surface area contributed by atoms with Crippen LogP contribution in [-0.4, -0.2) is 23.3 Å². The van der Waals surface area contributed by atoms with E-state index in [2.05, 4.69) is 0 Å². The average Bonchev–Trinajstić information content (AvgIpc) is 2.17. The summed E-state index contributed by atoms with van der Waals surface area (Å²) in [6, 6.07) is 5.88. The van der Waals surface area contributed by atoms with Crippen molar-refractivity contribution >= 4 is 5.97 Å². The lowest BCUT2D eigenvalue weighted by atomic mass is 9.96. The molecule has 0 aliphatic carbocycles. The van der Waals surface area contributed by atoms with Crippen LogP contribution in [0.25, 0.3) is 0 Å². The molecule has 4 heteroatoms. The van der Waals surface area contributed by atoms with Crippen LogP contribution in [0.4, 0.5) is 4.39 Å². The first-order valence-electron chi connectivity index (χ1n) is 5.10. The van der Waals surface area contributed by atoms with Crippen LogP contribution >= 0.6 is 0 Å². The molecule has 0 heterocycles. The van der Waals surface area contributed by atoms with Gasteiger partial charge in [0, 0.05) is 13.0 Å². The molecule has 88 valence electrons. The van der Waals surface area contributed by atoms with Crippen molar-refractivity contribution < 1.29 is 19.0 Å². The Bertz CT molecular complexity index is 378. The fourth-order valence-corrected chi connectivity index (χ4v) is 1.54. The van der Waals surface area contributed by atoms with Gasteiger partial charge in [0.25, 0.3) is 0 Å². The maximum absolute atomic E-state index is 12.9. The zero-order chi connectivity index (χ0) is 12.2. The van der Waals surface area contributed by atoms with Crippen molar-refractivity contribution in [2.75, 3.05) is 6.61 Å². The maximum Gasteiger partial charge on any atom is 0.336 e. The topological polar surface area (TPSA) is 46.5 Å². The summed E-state index contributed by atoms with van der Waals surface area (Å²) in [6.07, 6.45) is 0.147. The second-order valence-electron chi connectivity index (χ2n) is 3.78. The third kappa shape index (κ3) is 3.03. The van der Waals surface area contributed by atoms with Gasteiger partial charge >= 0.3 is 5.97 Å². The van der Waals surface area contributed by atoms with E-state index < -0.39 is 11.6 Å². The number of carboxylic acids is 1. The highest BCUT2D eigenvalue weighted by Gasteiger charge is 2.33. The van der Waals surface area contributed by atoms with Crippen molar-refractivity contribution in [1.29, 1.82) is 0 Å². The van der Waals surface area contributed by atoms with Gasteiger partial charge in [-0.15, -0.1) is 0 Å². The molecule has 0 amide bonds. The lowest BCUT2D eigenvalue weighted by Crippen LogP contribution is -2.40. The molecule has 0 saturated heterocycles. The fraction of sp³-hybridized carbons (Fsp3) is 0.417. The van der Waals surface area contributed by atoms with Crippen molar-refractivity contribution in [3.05, 3.63) is 35.6 Å². The summed E-state index contributed by atoms with van der Waals surface area (Å²) in [5, 5.41) is 9.08. The number of benzene rings is 1. The van der Waals surface area contributed by atoms with Gasteiger partial charge in [-0.25, -0.2) is 9.18 Å². The molecule has 0 aromatic heterocycles. The number of rotatable bonds is 5. The second-order valence-corrected chi connectivity index (χ2v) is 3.78. The number of aliphatic carboxylic acids is 1. The van der Waals surface area contributed by atoms with Gasteiger partial charge in [0.2, 0.25) is 0 Å². The van der Waals surface area contributed by atoms with Crippen LogP contribution < -0.4 is 0 Å². The number of hydrogen-bond donors (Lipinski definition) is 1. The Kier molecular flexibility index (Phi) is 4.01. The summed E-state index contributed by atoms with van der Waals surface area (Å²) in [7, 11) is 0. The molecule has 1 rings (SSSR count). The predicted octanol–water partition coefficient (Wildman–Crippen LogP) is 2.25. The van der Waals surface area contributed by atoms with Gasteiger partial charge in [-0.1, -0.05) is 12.1 Å². The molecule has 0 bridgehead atoms. The Hall–Kier alpha value is -1.42. The third-order valence-corrected chi connectivity index (χ3v) is 2.35. The molecular weight excluding hydrogens is 211 g/mol. The van der Waals surface area contributed by atoms with Crippen molar-refractivity contribution in [3.63, 3.8) is 0 Å². The van der Waals surface area contributed by atoms with Gasteiger partial charge in [0.1, 0.15) is 5.82 Å². The molecule has 1 N–H and O–H groups in total. The van der Waals surface area contributed by atoms with Gasteiger partial charge in [-0.2, -0.15) is 0 Å². The number of carboxylic acid groups (broad SMARTS) is 1. The lowest BCUT2D eigenvalue weighted by molar-refractivity contribution is -0.162. The van der Waals surface area contributed by atoms with E-state index in [-0.39, 0.29) is 12.2 Å². The number of halogens is 1.